The van der Waals surface area contributed by atoms with Crippen LogP contribution in [0, 0.1) is 0 Å². The number of aromatic nitrogens is 2. The van der Waals surface area contributed by atoms with Crippen LogP contribution in [0.25, 0.3) is 0 Å². The number of amides is 2. The molecular weight excluding hydrogens is 268 g/mol. The van der Waals surface area contributed by atoms with Gasteiger partial charge in [-0.1, -0.05) is 32.9 Å². The summed E-state index contributed by atoms with van der Waals surface area (Å²) in [6.45, 7) is 6.39. The number of aromatic amines is 1. The van der Waals surface area contributed by atoms with Crippen LogP contribution in [-0.2, 0) is 5.41 Å². The van der Waals surface area contributed by atoms with Crippen LogP contribution in [0.5, 0.6) is 0 Å². The summed E-state index contributed by atoms with van der Waals surface area (Å²) in [6, 6.07) is 9.96. The van der Waals surface area contributed by atoms with Gasteiger partial charge in [-0.15, -0.1) is 0 Å². The highest BCUT2D eigenvalue weighted by Gasteiger charge is 2.13. The molecule has 2 rings (SSSR count). The number of carbonyl (C=O) groups excluding carboxylic acids is 1. The average Bonchev–Trinajstić information content (AvgIpc) is 2.41. The molecule has 1 aromatic heterocycles. The van der Waals surface area contributed by atoms with Crippen molar-refractivity contribution in [2.75, 3.05) is 10.6 Å². The highest BCUT2D eigenvalue weighted by molar-refractivity contribution is 5.99. The first-order valence-electron chi connectivity index (χ1n) is 6.59. The van der Waals surface area contributed by atoms with Crippen molar-refractivity contribution in [1.82, 2.24) is 10.2 Å². The number of hydrogen-bond acceptors (Lipinski definition) is 3. The third-order valence-electron chi connectivity index (χ3n) is 2.93. The van der Waals surface area contributed by atoms with Gasteiger partial charge < -0.3 is 5.32 Å². The van der Waals surface area contributed by atoms with E-state index in [-0.39, 0.29) is 16.8 Å². The van der Waals surface area contributed by atoms with E-state index in [0.717, 1.165) is 0 Å². The van der Waals surface area contributed by atoms with Crippen LogP contribution in [0.1, 0.15) is 26.3 Å². The third-order valence-corrected chi connectivity index (χ3v) is 2.93. The number of benzene rings is 1. The quantitative estimate of drug-likeness (QED) is 0.793. The fraction of sp³-hybridized carbons (Fsp3) is 0.267. The third kappa shape index (κ3) is 4.17. The Balaban J connectivity index is 1.99. The monoisotopic (exact) mass is 286 g/mol. The Kier molecular flexibility index (Phi) is 4.07. The largest absolute Gasteiger partial charge is 0.324 e. The van der Waals surface area contributed by atoms with Crippen LogP contribution in [0.3, 0.4) is 0 Å². The molecule has 0 atom stereocenters. The number of rotatable bonds is 2. The number of nitrogens with one attached hydrogen (secondary N) is 3. The summed E-state index contributed by atoms with van der Waals surface area (Å²) < 4.78 is 0. The van der Waals surface area contributed by atoms with Gasteiger partial charge >= 0.3 is 6.03 Å². The van der Waals surface area contributed by atoms with Gasteiger partial charge in [0.25, 0.3) is 5.56 Å². The predicted molar refractivity (Wildman–Crippen MR) is 82.6 cm³/mol. The Morgan fingerprint density at radius 2 is 1.71 bits per heavy atom. The number of H-pyrrole nitrogens is 1. The average molecular weight is 286 g/mol. The minimum Gasteiger partial charge on any atom is -0.308 e. The highest BCUT2D eigenvalue weighted by Crippen LogP contribution is 2.23. The second-order valence-electron chi connectivity index (χ2n) is 5.71. The highest BCUT2D eigenvalue weighted by atomic mass is 16.2. The first-order valence-corrected chi connectivity index (χ1v) is 6.59. The lowest BCUT2D eigenvalue weighted by molar-refractivity contribution is 0.262. The van der Waals surface area contributed by atoms with Crippen LogP contribution < -0.4 is 16.2 Å². The van der Waals surface area contributed by atoms with Gasteiger partial charge in [0, 0.05) is 11.8 Å². The van der Waals surface area contributed by atoms with E-state index in [1.54, 1.807) is 0 Å². The van der Waals surface area contributed by atoms with E-state index in [0.29, 0.717) is 5.69 Å². The molecule has 3 N–H and O–H groups in total. The Morgan fingerprint density at radius 1 is 1.05 bits per heavy atom. The number of nitrogens with zero attached hydrogens (tertiary/aromatic N) is 1. The van der Waals surface area contributed by atoms with E-state index in [2.05, 4.69) is 41.6 Å². The second-order valence-corrected chi connectivity index (χ2v) is 5.71. The Bertz CT molecular complexity index is 664. The van der Waals surface area contributed by atoms with E-state index in [4.69, 9.17) is 0 Å². The van der Waals surface area contributed by atoms with Crippen molar-refractivity contribution in [2.24, 2.45) is 0 Å². The Morgan fingerprint density at radius 3 is 2.24 bits per heavy atom. The van der Waals surface area contributed by atoms with E-state index in [1.165, 1.54) is 17.7 Å². The zero-order valence-electron chi connectivity index (χ0n) is 12.2. The molecule has 21 heavy (non-hydrogen) atoms. The first kappa shape index (κ1) is 14.8. The molecule has 0 unspecified atom stereocenters. The molecule has 0 saturated heterocycles. The summed E-state index contributed by atoms with van der Waals surface area (Å²) in [5.74, 6) is 0.276. The zero-order valence-corrected chi connectivity index (χ0v) is 12.2. The molecule has 0 aliphatic rings. The topological polar surface area (TPSA) is 86.9 Å². The number of carbonyl (C=O) groups is 1. The Hall–Kier alpha value is -2.63. The molecular formula is C15H18N4O2. The van der Waals surface area contributed by atoms with Crippen molar-refractivity contribution in [3.8, 4) is 0 Å². The van der Waals surface area contributed by atoms with Gasteiger partial charge in [0.15, 0.2) is 5.82 Å². The van der Waals surface area contributed by atoms with Gasteiger partial charge in [0.1, 0.15) is 0 Å². The molecule has 0 aliphatic carbocycles. The van der Waals surface area contributed by atoms with Crippen LogP contribution in [-0.4, -0.2) is 16.2 Å². The molecule has 6 nitrogen and oxygen atoms in total. The van der Waals surface area contributed by atoms with Crippen LogP contribution in [0.15, 0.2) is 41.2 Å². The van der Waals surface area contributed by atoms with Crippen molar-refractivity contribution < 1.29 is 4.79 Å². The molecule has 6 heteroatoms. The molecule has 0 aliphatic heterocycles. The maximum atomic E-state index is 11.8. The minimum atomic E-state index is -0.418. The molecule has 0 saturated carbocycles. The van der Waals surface area contributed by atoms with Gasteiger partial charge in [0.2, 0.25) is 0 Å². The predicted octanol–water partition coefficient (Wildman–Crippen LogP) is 2.71. The van der Waals surface area contributed by atoms with E-state index in [1.807, 2.05) is 24.3 Å². The van der Waals surface area contributed by atoms with E-state index in [9.17, 15) is 9.59 Å². The van der Waals surface area contributed by atoms with Crippen molar-refractivity contribution >= 4 is 17.5 Å². The number of urea groups is 1. The summed E-state index contributed by atoms with van der Waals surface area (Å²) >= 11 is 0. The SMILES string of the molecule is CC(C)(C)c1ccc(NC(=O)Nc2ccc(=O)[nH]n2)cc1. The lowest BCUT2D eigenvalue weighted by Gasteiger charge is -2.19. The van der Waals surface area contributed by atoms with Crippen LogP contribution >= 0.6 is 0 Å². The standard InChI is InChI=1S/C15H18N4O2/c1-15(2,3)10-4-6-11(7-5-10)16-14(21)17-12-8-9-13(20)19-18-12/h4-9H,1-3H3,(H,19,20)(H2,16,17,18,21). The van der Waals surface area contributed by atoms with Crippen molar-refractivity contribution in [2.45, 2.75) is 26.2 Å². The van der Waals surface area contributed by atoms with Crippen molar-refractivity contribution in [3.05, 3.63) is 52.3 Å². The summed E-state index contributed by atoms with van der Waals surface area (Å²) in [7, 11) is 0. The summed E-state index contributed by atoms with van der Waals surface area (Å²) in [6.07, 6.45) is 0. The smallest absolute Gasteiger partial charge is 0.308 e. The minimum absolute atomic E-state index is 0.0701. The van der Waals surface area contributed by atoms with Gasteiger partial charge in [0.05, 0.1) is 0 Å². The van der Waals surface area contributed by atoms with Gasteiger partial charge in [-0.05, 0) is 29.2 Å². The van der Waals surface area contributed by atoms with Crippen LogP contribution in [0.4, 0.5) is 16.3 Å². The molecule has 110 valence electrons. The van der Waals surface area contributed by atoms with Crippen molar-refractivity contribution in [3.63, 3.8) is 0 Å². The number of hydrogen-bond donors (Lipinski definition) is 3. The lowest BCUT2D eigenvalue weighted by atomic mass is 9.87. The molecule has 2 amide bonds. The maximum absolute atomic E-state index is 11.8. The van der Waals surface area contributed by atoms with E-state index < -0.39 is 6.03 Å². The molecule has 0 fully saturated rings. The second kappa shape index (κ2) is 5.78. The summed E-state index contributed by atoms with van der Waals surface area (Å²) in [5, 5.41) is 11.2. The zero-order chi connectivity index (χ0) is 15.5. The first-order chi connectivity index (χ1) is 9.84. The van der Waals surface area contributed by atoms with Crippen molar-refractivity contribution in [1.29, 1.82) is 0 Å². The van der Waals surface area contributed by atoms with Gasteiger partial charge in [-0.3, -0.25) is 10.1 Å². The van der Waals surface area contributed by atoms with Gasteiger partial charge in [-0.2, -0.15) is 5.10 Å². The summed E-state index contributed by atoms with van der Waals surface area (Å²) in [4.78, 5) is 22.7. The van der Waals surface area contributed by atoms with Crippen LogP contribution in [0.2, 0.25) is 0 Å². The Labute approximate surface area is 122 Å². The van der Waals surface area contributed by atoms with Gasteiger partial charge in [-0.25, -0.2) is 9.89 Å². The fourth-order valence-corrected chi connectivity index (χ4v) is 1.75. The summed E-state index contributed by atoms with van der Waals surface area (Å²) in [5.41, 5.74) is 1.63. The molecule has 1 heterocycles. The maximum Gasteiger partial charge on any atom is 0.324 e. The fourth-order valence-electron chi connectivity index (χ4n) is 1.75. The molecule has 0 spiro atoms. The van der Waals surface area contributed by atoms with E-state index >= 15 is 0 Å². The molecule has 0 radical (unpaired) electrons. The molecule has 1 aromatic carbocycles. The molecule has 2 aromatic rings. The normalized spacial score (nSPS) is 11.0. The molecule has 0 bridgehead atoms. The lowest BCUT2D eigenvalue weighted by Crippen LogP contribution is -2.21. The number of anilines is 2.